The first-order valence-corrected chi connectivity index (χ1v) is 15.1. The maximum absolute atomic E-state index is 12.2. The van der Waals surface area contributed by atoms with Crippen molar-refractivity contribution >= 4 is 5.97 Å². The Labute approximate surface area is 233 Å². The summed E-state index contributed by atoms with van der Waals surface area (Å²) in [6.45, 7) is 6.78. The molecule has 0 heterocycles. The Kier molecular flexibility index (Phi) is 15.8. The number of unbranched alkanes of at least 4 members (excludes halogenated alkanes) is 8. The van der Waals surface area contributed by atoms with Crippen LogP contribution in [0.1, 0.15) is 102 Å². The molecule has 2 aromatic carbocycles. The van der Waals surface area contributed by atoms with Crippen molar-refractivity contribution in [3.8, 4) is 5.75 Å². The Balaban J connectivity index is 1.54. The van der Waals surface area contributed by atoms with Crippen LogP contribution in [0, 0.1) is 0 Å². The van der Waals surface area contributed by atoms with Crippen molar-refractivity contribution < 1.29 is 18.8 Å². The molecule has 0 saturated heterocycles. The third-order valence-corrected chi connectivity index (χ3v) is 7.19. The van der Waals surface area contributed by atoms with E-state index in [-0.39, 0.29) is 12.1 Å². The molecule has 0 aromatic heterocycles. The summed E-state index contributed by atoms with van der Waals surface area (Å²) in [5.74, 6) is 0.815. The molecule has 0 bridgehead atoms. The van der Waals surface area contributed by atoms with E-state index >= 15 is 0 Å². The summed E-state index contributed by atoms with van der Waals surface area (Å²) < 4.78 is 12.5. The number of esters is 1. The number of hydrogen-bond donors (Lipinski definition) is 0. The van der Waals surface area contributed by atoms with E-state index in [2.05, 4.69) is 69.6 Å². The van der Waals surface area contributed by atoms with Crippen molar-refractivity contribution in [3.05, 3.63) is 65.7 Å². The fourth-order valence-electron chi connectivity index (χ4n) is 4.91. The molecule has 38 heavy (non-hydrogen) atoms. The Morgan fingerprint density at radius 2 is 1.50 bits per heavy atom. The molecule has 1 atom stereocenters. The molecule has 0 radical (unpaired) electrons. The van der Waals surface area contributed by atoms with Gasteiger partial charge < -0.3 is 14.0 Å². The number of carbonyl (C=O) groups excluding carboxylic acids is 1. The van der Waals surface area contributed by atoms with Crippen LogP contribution in [-0.4, -0.2) is 43.8 Å². The third-order valence-electron chi connectivity index (χ3n) is 7.19. The van der Waals surface area contributed by atoms with Crippen molar-refractivity contribution in [2.45, 2.75) is 110 Å². The molecule has 0 aliphatic heterocycles. The SMILES string of the molecule is CCCCCCCCCCc1cccc(OC(C)CCOC(=O)CCCC[N+](C)(C)Cc2ccccc2)c1. The zero-order valence-corrected chi connectivity index (χ0v) is 24.8. The molecule has 0 fully saturated rings. The molecule has 0 saturated carbocycles. The number of hydrogen-bond acceptors (Lipinski definition) is 3. The smallest absolute Gasteiger partial charge is 0.305 e. The summed E-state index contributed by atoms with van der Waals surface area (Å²) in [7, 11) is 4.50. The fourth-order valence-corrected chi connectivity index (χ4v) is 4.91. The zero-order chi connectivity index (χ0) is 27.5. The topological polar surface area (TPSA) is 35.5 Å². The van der Waals surface area contributed by atoms with Gasteiger partial charge in [-0.15, -0.1) is 0 Å². The van der Waals surface area contributed by atoms with Crippen LogP contribution in [0.25, 0.3) is 0 Å². The quantitative estimate of drug-likeness (QED) is 0.0932. The average molecular weight is 525 g/mol. The van der Waals surface area contributed by atoms with Gasteiger partial charge in [0.1, 0.15) is 12.3 Å². The monoisotopic (exact) mass is 524 g/mol. The molecule has 0 N–H and O–H groups in total. The van der Waals surface area contributed by atoms with E-state index < -0.39 is 0 Å². The van der Waals surface area contributed by atoms with E-state index in [1.807, 2.05) is 13.0 Å². The number of quaternary nitrogens is 1. The lowest BCUT2D eigenvalue weighted by atomic mass is 10.0. The molecular formula is C34H54NO3+. The number of ether oxygens (including phenoxy) is 2. The minimum absolute atomic E-state index is 0.0113. The summed E-state index contributed by atoms with van der Waals surface area (Å²) >= 11 is 0. The second-order valence-corrected chi connectivity index (χ2v) is 11.6. The minimum Gasteiger partial charge on any atom is -0.491 e. The molecule has 0 aliphatic carbocycles. The van der Waals surface area contributed by atoms with Crippen LogP contribution < -0.4 is 4.74 Å². The lowest BCUT2D eigenvalue weighted by Gasteiger charge is -2.30. The van der Waals surface area contributed by atoms with Crippen molar-refractivity contribution in [1.82, 2.24) is 0 Å². The van der Waals surface area contributed by atoms with Crippen molar-refractivity contribution in [3.63, 3.8) is 0 Å². The van der Waals surface area contributed by atoms with Gasteiger partial charge >= 0.3 is 5.97 Å². The molecule has 0 aliphatic rings. The van der Waals surface area contributed by atoms with Crippen LogP contribution in [0.4, 0.5) is 0 Å². The Morgan fingerprint density at radius 1 is 0.816 bits per heavy atom. The average Bonchev–Trinajstić information content (AvgIpc) is 2.89. The maximum Gasteiger partial charge on any atom is 0.305 e. The van der Waals surface area contributed by atoms with Crippen LogP contribution in [0.3, 0.4) is 0 Å². The molecule has 1 unspecified atom stereocenters. The maximum atomic E-state index is 12.2. The molecule has 4 nitrogen and oxygen atoms in total. The van der Waals surface area contributed by atoms with Crippen LogP contribution in [0.15, 0.2) is 54.6 Å². The first kappa shape index (κ1) is 31.9. The number of aryl methyl sites for hydroxylation is 1. The highest BCUT2D eigenvalue weighted by atomic mass is 16.5. The lowest BCUT2D eigenvalue weighted by molar-refractivity contribution is -0.903. The highest BCUT2D eigenvalue weighted by molar-refractivity contribution is 5.69. The molecule has 2 aromatic rings. The van der Waals surface area contributed by atoms with Crippen LogP contribution in [-0.2, 0) is 22.5 Å². The van der Waals surface area contributed by atoms with Gasteiger partial charge in [-0.2, -0.15) is 0 Å². The van der Waals surface area contributed by atoms with Crippen molar-refractivity contribution in [1.29, 1.82) is 0 Å². The van der Waals surface area contributed by atoms with E-state index in [1.165, 1.54) is 62.5 Å². The van der Waals surface area contributed by atoms with E-state index in [4.69, 9.17) is 9.47 Å². The zero-order valence-electron chi connectivity index (χ0n) is 24.8. The Bertz CT molecular complexity index is 880. The molecule has 4 heteroatoms. The summed E-state index contributed by atoms with van der Waals surface area (Å²) in [4.78, 5) is 12.2. The van der Waals surface area contributed by atoms with Crippen molar-refractivity contribution in [2.75, 3.05) is 27.2 Å². The first-order chi connectivity index (χ1) is 18.4. The highest BCUT2D eigenvalue weighted by Gasteiger charge is 2.16. The van der Waals surface area contributed by atoms with Gasteiger partial charge in [-0.3, -0.25) is 4.79 Å². The van der Waals surface area contributed by atoms with Crippen LogP contribution in [0.5, 0.6) is 5.75 Å². The number of benzene rings is 2. The van der Waals surface area contributed by atoms with Gasteiger partial charge in [0.15, 0.2) is 0 Å². The number of rotatable bonds is 21. The molecule has 212 valence electrons. The van der Waals surface area contributed by atoms with E-state index in [0.717, 1.165) is 42.6 Å². The van der Waals surface area contributed by atoms with Crippen LogP contribution in [0.2, 0.25) is 0 Å². The second-order valence-electron chi connectivity index (χ2n) is 11.6. The highest BCUT2D eigenvalue weighted by Crippen LogP contribution is 2.19. The van der Waals surface area contributed by atoms with Gasteiger partial charge in [0.25, 0.3) is 0 Å². The van der Waals surface area contributed by atoms with Crippen molar-refractivity contribution in [2.24, 2.45) is 0 Å². The van der Waals surface area contributed by atoms with Gasteiger partial charge in [-0.05, 0) is 50.3 Å². The summed E-state index contributed by atoms with van der Waals surface area (Å²) in [6.07, 6.45) is 14.9. The lowest BCUT2D eigenvalue weighted by Crippen LogP contribution is -2.39. The van der Waals surface area contributed by atoms with E-state index in [1.54, 1.807) is 0 Å². The van der Waals surface area contributed by atoms with Crippen LogP contribution >= 0.6 is 0 Å². The summed E-state index contributed by atoms with van der Waals surface area (Å²) in [6, 6.07) is 19.1. The molecular weight excluding hydrogens is 470 g/mol. The number of nitrogens with zero attached hydrogens (tertiary/aromatic N) is 1. The predicted octanol–water partition coefficient (Wildman–Crippen LogP) is 8.52. The van der Waals surface area contributed by atoms with Gasteiger partial charge in [-0.1, -0.05) is 94.3 Å². The first-order valence-electron chi connectivity index (χ1n) is 15.1. The summed E-state index contributed by atoms with van der Waals surface area (Å²) in [5, 5.41) is 0. The molecule has 2 rings (SSSR count). The van der Waals surface area contributed by atoms with E-state index in [9.17, 15) is 4.79 Å². The minimum atomic E-state index is -0.0991. The normalized spacial score (nSPS) is 12.3. The third kappa shape index (κ3) is 15.2. The van der Waals surface area contributed by atoms with E-state index in [0.29, 0.717) is 19.4 Å². The van der Waals surface area contributed by atoms with Gasteiger partial charge in [0, 0.05) is 18.4 Å². The van der Waals surface area contributed by atoms with Gasteiger partial charge in [0.2, 0.25) is 0 Å². The largest absolute Gasteiger partial charge is 0.491 e. The second kappa shape index (κ2) is 18.8. The summed E-state index contributed by atoms with van der Waals surface area (Å²) in [5.41, 5.74) is 2.70. The predicted molar refractivity (Wildman–Crippen MR) is 159 cm³/mol. The Morgan fingerprint density at radius 3 is 2.24 bits per heavy atom. The van der Waals surface area contributed by atoms with Gasteiger partial charge in [0.05, 0.1) is 33.4 Å². The standard InChI is InChI=1S/C34H54NO3/c1-5-6-7-8-9-10-11-13-19-31-22-18-23-33(28-31)38-30(2)25-27-37-34(36)24-16-17-26-35(3,4)29-32-20-14-12-15-21-32/h12,14-15,18,20-23,28,30H,5-11,13,16-17,19,24-27,29H2,1-4H3/q+1. The molecule has 0 spiro atoms. The molecule has 0 amide bonds. The Hall–Kier alpha value is -2.33. The van der Waals surface area contributed by atoms with Gasteiger partial charge in [-0.25, -0.2) is 0 Å². The number of carbonyl (C=O) groups is 1. The fraction of sp³-hybridized carbons (Fsp3) is 0.618.